The molecular weight excluding hydrogens is 366 g/mol. The topological polar surface area (TPSA) is 79.6 Å². The molecule has 0 aliphatic heterocycles. The quantitative estimate of drug-likeness (QED) is 0.443. The molecule has 8 nitrogen and oxygen atoms in total. The Balaban J connectivity index is 1.98. The molecule has 2 N–H and O–H groups in total. The van der Waals surface area contributed by atoms with Crippen molar-refractivity contribution in [2.24, 2.45) is 4.99 Å². The van der Waals surface area contributed by atoms with Crippen molar-refractivity contribution in [2.75, 3.05) is 40.3 Å². The average molecular weight is 402 g/mol. The molecule has 0 amide bonds. The van der Waals surface area contributed by atoms with Gasteiger partial charge in [0.1, 0.15) is 17.9 Å². The third-order valence-electron chi connectivity index (χ3n) is 5.08. The van der Waals surface area contributed by atoms with Crippen molar-refractivity contribution in [1.29, 1.82) is 0 Å². The van der Waals surface area contributed by atoms with Gasteiger partial charge in [0.2, 0.25) is 0 Å². The molecule has 0 radical (unpaired) electrons. The van der Waals surface area contributed by atoms with Gasteiger partial charge in [-0.2, -0.15) is 0 Å². The van der Waals surface area contributed by atoms with E-state index >= 15 is 0 Å². The lowest BCUT2D eigenvalue weighted by molar-refractivity contribution is 0.218. The van der Waals surface area contributed by atoms with Crippen LogP contribution in [0.25, 0.3) is 0 Å². The number of ether oxygens (including phenoxy) is 1. The second-order valence-corrected chi connectivity index (χ2v) is 6.69. The molecule has 160 valence electrons. The van der Waals surface area contributed by atoms with Gasteiger partial charge in [0.05, 0.1) is 13.2 Å². The molecule has 29 heavy (non-hydrogen) atoms. The SMILES string of the molecule is CCc1nncn1CCNC(=NC)NCC(c1cccc(OC)c1)N(CC)CC. The summed E-state index contributed by atoms with van der Waals surface area (Å²) in [6.45, 7) is 10.7. The Bertz CT molecular complexity index is 755. The van der Waals surface area contributed by atoms with Gasteiger partial charge in [-0.15, -0.1) is 10.2 Å². The maximum atomic E-state index is 5.42. The smallest absolute Gasteiger partial charge is 0.191 e. The highest BCUT2D eigenvalue weighted by Gasteiger charge is 2.19. The number of methoxy groups -OCH3 is 1. The van der Waals surface area contributed by atoms with Crippen LogP contribution in [0.3, 0.4) is 0 Å². The predicted molar refractivity (Wildman–Crippen MR) is 117 cm³/mol. The Morgan fingerprint density at radius 1 is 1.24 bits per heavy atom. The lowest BCUT2D eigenvalue weighted by Gasteiger charge is -2.31. The first-order valence-corrected chi connectivity index (χ1v) is 10.4. The van der Waals surface area contributed by atoms with Crippen LogP contribution in [-0.4, -0.2) is 66.0 Å². The molecule has 1 aromatic heterocycles. The maximum absolute atomic E-state index is 5.42. The van der Waals surface area contributed by atoms with E-state index in [1.165, 1.54) is 5.56 Å². The molecule has 2 rings (SSSR count). The summed E-state index contributed by atoms with van der Waals surface area (Å²) in [6.07, 6.45) is 2.65. The highest BCUT2D eigenvalue weighted by Crippen LogP contribution is 2.23. The van der Waals surface area contributed by atoms with Crippen molar-refractivity contribution >= 4 is 5.96 Å². The molecule has 0 fully saturated rings. The molecule has 1 aromatic carbocycles. The van der Waals surface area contributed by atoms with Gasteiger partial charge in [0.25, 0.3) is 0 Å². The van der Waals surface area contributed by atoms with E-state index in [-0.39, 0.29) is 6.04 Å². The standard InChI is InChI=1S/C21H35N7O/c1-6-20-26-25-16-28(20)13-12-23-21(22-4)24-15-19(27(7-2)8-3)17-10-9-11-18(14-17)29-5/h9-11,14,16,19H,6-8,12-13,15H2,1-5H3,(H2,22,23,24). The zero-order valence-corrected chi connectivity index (χ0v) is 18.4. The van der Waals surface area contributed by atoms with Crippen LogP contribution in [0.2, 0.25) is 0 Å². The molecule has 1 unspecified atom stereocenters. The molecular formula is C21H35N7O. The van der Waals surface area contributed by atoms with E-state index in [9.17, 15) is 0 Å². The van der Waals surface area contributed by atoms with Crippen molar-refractivity contribution < 1.29 is 4.74 Å². The van der Waals surface area contributed by atoms with E-state index in [1.54, 1.807) is 20.5 Å². The molecule has 8 heteroatoms. The minimum atomic E-state index is 0.225. The fraction of sp³-hybridized carbons (Fsp3) is 0.571. The third-order valence-corrected chi connectivity index (χ3v) is 5.08. The predicted octanol–water partition coefficient (Wildman–Crippen LogP) is 2.10. The van der Waals surface area contributed by atoms with Crippen LogP contribution in [0.5, 0.6) is 5.75 Å². The lowest BCUT2D eigenvalue weighted by atomic mass is 10.0. The summed E-state index contributed by atoms with van der Waals surface area (Å²) in [5.74, 6) is 2.66. The first-order valence-electron chi connectivity index (χ1n) is 10.4. The average Bonchev–Trinajstić information content (AvgIpc) is 3.22. The fourth-order valence-electron chi connectivity index (χ4n) is 3.42. The second kappa shape index (κ2) is 12.1. The van der Waals surface area contributed by atoms with Gasteiger partial charge >= 0.3 is 0 Å². The third kappa shape index (κ3) is 6.45. The number of likely N-dealkylation sites (N-methyl/N-ethyl adjacent to an activating group) is 1. The first kappa shape index (κ1) is 22.7. The van der Waals surface area contributed by atoms with Gasteiger partial charge < -0.3 is 19.9 Å². The molecule has 0 aliphatic rings. The molecule has 0 saturated carbocycles. The van der Waals surface area contributed by atoms with Crippen LogP contribution >= 0.6 is 0 Å². The number of aliphatic imine (C=N–C) groups is 1. The minimum Gasteiger partial charge on any atom is -0.497 e. The van der Waals surface area contributed by atoms with Gasteiger partial charge in [-0.1, -0.05) is 32.9 Å². The summed E-state index contributed by atoms with van der Waals surface area (Å²) in [7, 11) is 3.50. The van der Waals surface area contributed by atoms with Crippen LogP contribution in [0.4, 0.5) is 0 Å². The van der Waals surface area contributed by atoms with Gasteiger partial charge in [0, 0.05) is 33.1 Å². The Morgan fingerprint density at radius 3 is 2.69 bits per heavy atom. The molecule has 1 atom stereocenters. The molecule has 0 saturated heterocycles. The fourth-order valence-corrected chi connectivity index (χ4v) is 3.42. The van der Waals surface area contributed by atoms with Crippen molar-refractivity contribution in [3.8, 4) is 5.75 Å². The summed E-state index contributed by atoms with van der Waals surface area (Å²) in [4.78, 5) is 6.80. The van der Waals surface area contributed by atoms with E-state index in [0.29, 0.717) is 0 Å². The zero-order chi connectivity index (χ0) is 21.1. The van der Waals surface area contributed by atoms with Crippen LogP contribution in [0.15, 0.2) is 35.6 Å². The number of hydrogen-bond acceptors (Lipinski definition) is 5. The molecule has 1 heterocycles. The van der Waals surface area contributed by atoms with Crippen molar-refractivity contribution in [2.45, 2.75) is 39.8 Å². The largest absolute Gasteiger partial charge is 0.497 e. The maximum Gasteiger partial charge on any atom is 0.191 e. The normalized spacial score (nSPS) is 12.8. The van der Waals surface area contributed by atoms with Crippen molar-refractivity contribution in [3.63, 3.8) is 0 Å². The number of nitrogens with one attached hydrogen (secondary N) is 2. The summed E-state index contributed by atoms with van der Waals surface area (Å²) in [6, 6.07) is 8.51. The number of nitrogens with zero attached hydrogens (tertiary/aromatic N) is 5. The van der Waals surface area contributed by atoms with E-state index in [0.717, 1.165) is 56.7 Å². The summed E-state index contributed by atoms with van der Waals surface area (Å²) in [5, 5.41) is 15.0. The monoisotopic (exact) mass is 401 g/mol. The number of rotatable bonds is 11. The van der Waals surface area contributed by atoms with E-state index < -0.39 is 0 Å². The lowest BCUT2D eigenvalue weighted by Crippen LogP contribution is -2.44. The van der Waals surface area contributed by atoms with Gasteiger partial charge in [-0.05, 0) is 30.8 Å². The molecule has 2 aromatic rings. The number of aromatic nitrogens is 3. The number of benzene rings is 1. The van der Waals surface area contributed by atoms with Gasteiger partial charge in [0.15, 0.2) is 5.96 Å². The van der Waals surface area contributed by atoms with E-state index in [1.807, 2.05) is 12.1 Å². The Labute approximate surface area is 174 Å². The van der Waals surface area contributed by atoms with Crippen LogP contribution < -0.4 is 15.4 Å². The van der Waals surface area contributed by atoms with Crippen molar-refractivity contribution in [3.05, 3.63) is 42.0 Å². The Kier molecular flexibility index (Phi) is 9.43. The Morgan fingerprint density at radius 2 is 2.03 bits per heavy atom. The number of hydrogen-bond donors (Lipinski definition) is 2. The highest BCUT2D eigenvalue weighted by atomic mass is 16.5. The minimum absolute atomic E-state index is 0.225. The van der Waals surface area contributed by atoms with Crippen molar-refractivity contribution in [1.82, 2.24) is 30.3 Å². The number of guanidine groups is 1. The molecule has 0 bridgehead atoms. The molecule has 0 spiro atoms. The zero-order valence-electron chi connectivity index (χ0n) is 18.4. The van der Waals surface area contributed by atoms with Crippen LogP contribution in [0, 0.1) is 0 Å². The highest BCUT2D eigenvalue weighted by molar-refractivity contribution is 5.79. The first-order chi connectivity index (χ1) is 14.2. The van der Waals surface area contributed by atoms with Gasteiger partial charge in [-0.25, -0.2) is 0 Å². The summed E-state index contributed by atoms with van der Waals surface area (Å²) in [5.41, 5.74) is 1.23. The van der Waals surface area contributed by atoms with Crippen LogP contribution in [-0.2, 0) is 13.0 Å². The summed E-state index contributed by atoms with van der Waals surface area (Å²) < 4.78 is 7.48. The number of aryl methyl sites for hydroxylation is 1. The van der Waals surface area contributed by atoms with E-state index in [4.69, 9.17) is 4.74 Å². The summed E-state index contributed by atoms with van der Waals surface area (Å²) >= 11 is 0. The molecule has 0 aliphatic carbocycles. The second-order valence-electron chi connectivity index (χ2n) is 6.69. The van der Waals surface area contributed by atoms with E-state index in [2.05, 4.69) is 68.2 Å². The Hall–Kier alpha value is -2.61. The van der Waals surface area contributed by atoms with Crippen LogP contribution in [0.1, 0.15) is 38.2 Å². The van der Waals surface area contributed by atoms with Gasteiger partial charge in [-0.3, -0.25) is 9.89 Å².